The minimum absolute atomic E-state index is 0.0242. The van der Waals surface area contributed by atoms with Crippen LogP contribution in [0.15, 0.2) is 6.07 Å². The molecule has 0 spiro atoms. The topological polar surface area (TPSA) is 50.2 Å². The zero-order valence-electron chi connectivity index (χ0n) is 12.1. The molecule has 0 saturated carbocycles. The largest absolute Gasteiger partial charge is 0.352 e. The number of amides is 1. The first-order valence-electron chi connectivity index (χ1n) is 6.98. The molecule has 5 nitrogen and oxygen atoms in total. The lowest BCUT2D eigenvalue weighted by molar-refractivity contribution is -0.123. The highest BCUT2D eigenvalue weighted by atomic mass is 19.3. The lowest BCUT2D eigenvalue weighted by Gasteiger charge is -2.29. The summed E-state index contributed by atoms with van der Waals surface area (Å²) < 4.78 is 51.4. The maximum absolute atomic E-state index is 12.8. The zero-order valence-corrected chi connectivity index (χ0v) is 12.1. The maximum Gasteiger partial charge on any atom is 0.282 e. The number of hydrogen-bond donors (Lipinski definition) is 1. The number of nitrogens with zero attached hydrogens (tertiary/aromatic N) is 3. The fourth-order valence-corrected chi connectivity index (χ4v) is 2.42. The molecular weight excluding hydrogens is 304 g/mol. The minimum Gasteiger partial charge on any atom is -0.352 e. The highest BCUT2D eigenvalue weighted by molar-refractivity contribution is 5.76. The van der Waals surface area contributed by atoms with Gasteiger partial charge >= 0.3 is 0 Å². The molecule has 0 atom stereocenters. The van der Waals surface area contributed by atoms with Gasteiger partial charge in [-0.3, -0.25) is 9.48 Å². The number of nitrogens with one attached hydrogen (secondary N) is 1. The van der Waals surface area contributed by atoms with E-state index in [2.05, 4.69) is 15.3 Å². The predicted octanol–water partition coefficient (Wildman–Crippen LogP) is 1.97. The maximum atomic E-state index is 12.8. The molecule has 1 aliphatic rings. The molecule has 1 aliphatic heterocycles. The van der Waals surface area contributed by atoms with Crippen LogP contribution in [0, 0.1) is 0 Å². The summed E-state index contributed by atoms with van der Waals surface area (Å²) in [6.07, 6.45) is -4.37. The van der Waals surface area contributed by atoms with Crippen LogP contribution in [-0.4, -0.2) is 46.8 Å². The zero-order chi connectivity index (χ0) is 16.3. The first-order valence-corrected chi connectivity index (χ1v) is 6.98. The van der Waals surface area contributed by atoms with E-state index in [9.17, 15) is 22.4 Å². The van der Waals surface area contributed by atoms with E-state index in [0.717, 1.165) is 25.9 Å². The van der Waals surface area contributed by atoms with Gasteiger partial charge in [-0.15, -0.1) is 0 Å². The van der Waals surface area contributed by atoms with Gasteiger partial charge in [0.1, 0.15) is 17.9 Å². The van der Waals surface area contributed by atoms with Gasteiger partial charge in [-0.25, -0.2) is 17.6 Å². The molecule has 1 aromatic heterocycles. The lowest BCUT2D eigenvalue weighted by Crippen LogP contribution is -2.44. The summed E-state index contributed by atoms with van der Waals surface area (Å²) in [6, 6.07) is 0.613. The van der Waals surface area contributed by atoms with E-state index in [4.69, 9.17) is 0 Å². The second-order valence-electron chi connectivity index (χ2n) is 5.40. The quantitative estimate of drug-likeness (QED) is 0.843. The second kappa shape index (κ2) is 7.08. The first-order chi connectivity index (χ1) is 10.4. The molecule has 0 aliphatic carbocycles. The average Bonchev–Trinajstić information content (AvgIpc) is 2.85. The third-order valence-electron chi connectivity index (χ3n) is 3.65. The van der Waals surface area contributed by atoms with Gasteiger partial charge in [0.15, 0.2) is 0 Å². The van der Waals surface area contributed by atoms with Crippen LogP contribution in [0.2, 0.25) is 0 Å². The number of alkyl halides is 4. The van der Waals surface area contributed by atoms with Crippen molar-refractivity contribution in [1.82, 2.24) is 20.0 Å². The van der Waals surface area contributed by atoms with E-state index in [1.807, 2.05) is 7.05 Å². The second-order valence-corrected chi connectivity index (χ2v) is 5.40. The minimum atomic E-state index is -2.96. The SMILES string of the molecule is CN1CCC(NC(=O)Cn2nc(C(F)F)cc2C(F)F)CC1. The molecule has 0 unspecified atom stereocenters. The van der Waals surface area contributed by atoms with Crippen molar-refractivity contribution >= 4 is 5.91 Å². The molecule has 0 aromatic carbocycles. The standard InChI is InChI=1S/C13H18F4N4O/c1-20-4-2-8(3-5-20)18-11(22)7-21-10(13(16)17)6-9(19-21)12(14)15/h6,8,12-13H,2-5,7H2,1H3,(H,18,22). The summed E-state index contributed by atoms with van der Waals surface area (Å²) in [5.41, 5.74) is -1.42. The van der Waals surface area contributed by atoms with Gasteiger partial charge in [-0.1, -0.05) is 0 Å². The van der Waals surface area contributed by atoms with E-state index in [1.165, 1.54) is 0 Å². The smallest absolute Gasteiger partial charge is 0.282 e. The van der Waals surface area contributed by atoms with Gasteiger partial charge in [0.2, 0.25) is 5.91 Å². The molecule has 1 aromatic rings. The monoisotopic (exact) mass is 322 g/mol. The van der Waals surface area contributed by atoms with Crippen molar-refractivity contribution in [3.8, 4) is 0 Å². The molecule has 22 heavy (non-hydrogen) atoms. The number of halogens is 4. The molecule has 2 rings (SSSR count). The van der Waals surface area contributed by atoms with Gasteiger partial charge in [-0.2, -0.15) is 5.10 Å². The van der Waals surface area contributed by atoms with E-state index in [0.29, 0.717) is 10.7 Å². The van der Waals surface area contributed by atoms with Gasteiger partial charge in [0, 0.05) is 6.04 Å². The molecule has 1 fully saturated rings. The van der Waals surface area contributed by atoms with Crippen molar-refractivity contribution in [3.63, 3.8) is 0 Å². The van der Waals surface area contributed by atoms with Gasteiger partial charge < -0.3 is 10.2 Å². The molecule has 0 bridgehead atoms. The van der Waals surface area contributed by atoms with Crippen LogP contribution in [0.1, 0.15) is 37.1 Å². The summed E-state index contributed by atoms with van der Waals surface area (Å²) in [4.78, 5) is 14.0. The molecule has 0 radical (unpaired) electrons. The average molecular weight is 322 g/mol. The van der Waals surface area contributed by atoms with Crippen molar-refractivity contribution in [2.24, 2.45) is 0 Å². The van der Waals surface area contributed by atoms with Gasteiger partial charge in [0.25, 0.3) is 12.9 Å². The number of likely N-dealkylation sites (tertiary alicyclic amines) is 1. The number of hydrogen-bond acceptors (Lipinski definition) is 3. The van der Waals surface area contributed by atoms with Crippen LogP contribution < -0.4 is 5.32 Å². The summed E-state index contributed by atoms with van der Waals surface area (Å²) >= 11 is 0. The Kier molecular flexibility index (Phi) is 5.38. The highest BCUT2D eigenvalue weighted by Crippen LogP contribution is 2.24. The number of carbonyl (C=O) groups is 1. The van der Waals surface area contributed by atoms with Gasteiger partial charge in [-0.05, 0) is 39.0 Å². The normalized spacial score (nSPS) is 17.4. The molecule has 2 heterocycles. The molecule has 1 saturated heterocycles. The molecule has 9 heteroatoms. The molecule has 124 valence electrons. The van der Waals surface area contributed by atoms with Crippen LogP contribution in [0.25, 0.3) is 0 Å². The Morgan fingerprint density at radius 2 is 1.95 bits per heavy atom. The van der Waals surface area contributed by atoms with Crippen LogP contribution >= 0.6 is 0 Å². The van der Waals surface area contributed by atoms with E-state index in [1.54, 1.807) is 0 Å². The summed E-state index contributed by atoms with van der Waals surface area (Å²) in [5, 5.41) is 6.13. The lowest BCUT2D eigenvalue weighted by atomic mass is 10.1. The summed E-state index contributed by atoms with van der Waals surface area (Å²) in [6.45, 7) is 1.19. The van der Waals surface area contributed by atoms with Crippen LogP contribution in [0.3, 0.4) is 0 Å². The molecule has 1 N–H and O–H groups in total. The number of rotatable bonds is 5. The Bertz CT molecular complexity index is 512. The molecule has 1 amide bonds. The molecular formula is C13H18F4N4O. The first kappa shape index (κ1) is 16.7. The van der Waals surface area contributed by atoms with Crippen molar-refractivity contribution in [2.75, 3.05) is 20.1 Å². The van der Waals surface area contributed by atoms with E-state index < -0.39 is 36.7 Å². The number of piperidine rings is 1. The third-order valence-corrected chi connectivity index (χ3v) is 3.65. The fraction of sp³-hybridized carbons (Fsp3) is 0.692. The number of carbonyl (C=O) groups excluding carboxylic acids is 1. The Hall–Kier alpha value is -1.64. The van der Waals surface area contributed by atoms with Crippen molar-refractivity contribution in [2.45, 2.75) is 38.3 Å². The van der Waals surface area contributed by atoms with Crippen LogP contribution in [-0.2, 0) is 11.3 Å². The van der Waals surface area contributed by atoms with Gasteiger partial charge in [0.05, 0.1) is 0 Å². The van der Waals surface area contributed by atoms with Crippen LogP contribution in [0.4, 0.5) is 17.6 Å². The van der Waals surface area contributed by atoms with Crippen molar-refractivity contribution < 1.29 is 22.4 Å². The Morgan fingerprint density at radius 1 is 1.32 bits per heavy atom. The van der Waals surface area contributed by atoms with Crippen molar-refractivity contribution in [1.29, 1.82) is 0 Å². The Balaban J connectivity index is 1.98. The third kappa shape index (κ3) is 4.19. The van der Waals surface area contributed by atoms with E-state index >= 15 is 0 Å². The fourth-order valence-electron chi connectivity index (χ4n) is 2.42. The Morgan fingerprint density at radius 3 is 2.50 bits per heavy atom. The van der Waals surface area contributed by atoms with E-state index in [-0.39, 0.29) is 6.04 Å². The van der Waals surface area contributed by atoms with Crippen LogP contribution in [0.5, 0.6) is 0 Å². The Labute approximate surface area is 125 Å². The summed E-state index contributed by atoms with van der Waals surface area (Å²) in [7, 11) is 1.97. The highest BCUT2D eigenvalue weighted by Gasteiger charge is 2.24. The summed E-state index contributed by atoms with van der Waals surface area (Å²) in [5.74, 6) is -0.500. The van der Waals surface area contributed by atoms with Crippen molar-refractivity contribution in [3.05, 3.63) is 17.5 Å². The number of aromatic nitrogens is 2. The predicted molar refractivity (Wildman–Crippen MR) is 70.8 cm³/mol.